The van der Waals surface area contributed by atoms with E-state index in [9.17, 15) is 5.11 Å². The Kier molecular flexibility index (Phi) is 7.27. The van der Waals surface area contributed by atoms with Crippen molar-refractivity contribution in [1.82, 2.24) is 4.90 Å². The Morgan fingerprint density at radius 2 is 2.00 bits per heavy atom. The molecule has 4 nitrogen and oxygen atoms in total. The predicted molar refractivity (Wildman–Crippen MR) is 108 cm³/mol. The SMILES string of the molecule is Cc1ccc(OCC(O)CN(Cc2ccccc2)CC2CCCO2)c(C)c1. The molecule has 0 aromatic heterocycles. The highest BCUT2D eigenvalue weighted by Crippen LogP contribution is 2.19. The van der Waals surface area contributed by atoms with Crippen molar-refractivity contribution < 1.29 is 14.6 Å². The zero-order valence-corrected chi connectivity index (χ0v) is 16.4. The van der Waals surface area contributed by atoms with Gasteiger partial charge in [-0.1, -0.05) is 48.0 Å². The summed E-state index contributed by atoms with van der Waals surface area (Å²) in [5, 5.41) is 10.6. The highest BCUT2D eigenvalue weighted by molar-refractivity contribution is 5.35. The lowest BCUT2D eigenvalue weighted by atomic mass is 10.1. The van der Waals surface area contributed by atoms with Crippen LogP contribution in [0.25, 0.3) is 0 Å². The quantitative estimate of drug-likeness (QED) is 0.731. The number of ether oxygens (including phenoxy) is 2. The van der Waals surface area contributed by atoms with Crippen LogP contribution in [0.3, 0.4) is 0 Å². The maximum atomic E-state index is 10.6. The van der Waals surface area contributed by atoms with E-state index < -0.39 is 6.10 Å². The lowest BCUT2D eigenvalue weighted by molar-refractivity contribution is 0.0313. The molecule has 1 heterocycles. The summed E-state index contributed by atoms with van der Waals surface area (Å²) < 4.78 is 11.7. The van der Waals surface area contributed by atoms with E-state index in [4.69, 9.17) is 9.47 Å². The standard InChI is InChI=1S/C23H31NO3/c1-18-10-11-23(19(2)13-18)27-17-21(25)15-24(16-22-9-6-12-26-22)14-20-7-4-3-5-8-20/h3-5,7-8,10-11,13,21-22,25H,6,9,12,14-17H2,1-2H3. The summed E-state index contributed by atoms with van der Waals surface area (Å²) >= 11 is 0. The minimum absolute atomic E-state index is 0.265. The second kappa shape index (κ2) is 9.88. The molecule has 0 bridgehead atoms. The molecule has 1 aliphatic heterocycles. The van der Waals surface area contributed by atoms with Crippen molar-refractivity contribution in [2.24, 2.45) is 0 Å². The van der Waals surface area contributed by atoms with Gasteiger partial charge in [0.15, 0.2) is 0 Å². The van der Waals surface area contributed by atoms with Gasteiger partial charge in [-0.25, -0.2) is 0 Å². The van der Waals surface area contributed by atoms with Gasteiger partial charge in [-0.15, -0.1) is 0 Å². The predicted octanol–water partition coefficient (Wildman–Crippen LogP) is 3.72. The fraction of sp³-hybridized carbons (Fsp3) is 0.478. The molecule has 0 spiro atoms. The van der Waals surface area contributed by atoms with E-state index in [1.165, 1.54) is 11.1 Å². The fourth-order valence-corrected chi connectivity index (χ4v) is 3.62. The molecule has 1 aliphatic rings. The molecule has 0 saturated carbocycles. The Morgan fingerprint density at radius 3 is 2.70 bits per heavy atom. The summed E-state index contributed by atoms with van der Waals surface area (Å²) in [5.41, 5.74) is 3.56. The van der Waals surface area contributed by atoms with E-state index >= 15 is 0 Å². The number of rotatable bonds is 9. The Balaban J connectivity index is 1.56. The zero-order chi connectivity index (χ0) is 19.1. The second-order valence-electron chi connectivity index (χ2n) is 7.55. The van der Waals surface area contributed by atoms with Crippen molar-refractivity contribution in [2.75, 3.05) is 26.3 Å². The molecule has 2 aromatic rings. The summed E-state index contributed by atoms with van der Waals surface area (Å²) in [5.74, 6) is 0.841. The van der Waals surface area contributed by atoms with Crippen LogP contribution in [0.2, 0.25) is 0 Å². The summed E-state index contributed by atoms with van der Waals surface area (Å²) in [6.45, 7) is 7.46. The fourth-order valence-electron chi connectivity index (χ4n) is 3.62. The van der Waals surface area contributed by atoms with Crippen LogP contribution in [0.4, 0.5) is 0 Å². The van der Waals surface area contributed by atoms with Crippen LogP contribution in [-0.2, 0) is 11.3 Å². The van der Waals surface area contributed by atoms with Crippen molar-refractivity contribution in [3.05, 3.63) is 65.2 Å². The van der Waals surface area contributed by atoms with Gasteiger partial charge in [0, 0.05) is 26.2 Å². The highest BCUT2D eigenvalue weighted by atomic mass is 16.5. The minimum atomic E-state index is -0.546. The van der Waals surface area contributed by atoms with Crippen LogP contribution in [0.1, 0.15) is 29.5 Å². The molecule has 1 N–H and O–H groups in total. The Bertz CT molecular complexity index is 698. The maximum Gasteiger partial charge on any atom is 0.122 e. The average Bonchev–Trinajstić information content (AvgIpc) is 3.15. The first-order chi connectivity index (χ1) is 13.1. The first-order valence-corrected chi connectivity index (χ1v) is 9.86. The number of nitrogens with zero attached hydrogens (tertiary/aromatic N) is 1. The number of benzene rings is 2. The Labute approximate surface area is 162 Å². The van der Waals surface area contributed by atoms with Crippen molar-refractivity contribution in [1.29, 1.82) is 0 Å². The lowest BCUT2D eigenvalue weighted by Crippen LogP contribution is -2.39. The van der Waals surface area contributed by atoms with E-state index in [-0.39, 0.29) is 6.10 Å². The van der Waals surface area contributed by atoms with Gasteiger partial charge in [0.1, 0.15) is 18.5 Å². The van der Waals surface area contributed by atoms with Gasteiger partial charge in [-0.05, 0) is 43.9 Å². The highest BCUT2D eigenvalue weighted by Gasteiger charge is 2.21. The largest absolute Gasteiger partial charge is 0.491 e. The normalized spacial score (nSPS) is 18.0. The third-order valence-corrected chi connectivity index (χ3v) is 4.97. The lowest BCUT2D eigenvalue weighted by Gasteiger charge is -2.27. The average molecular weight is 370 g/mol. The smallest absolute Gasteiger partial charge is 0.122 e. The van der Waals surface area contributed by atoms with Crippen LogP contribution >= 0.6 is 0 Å². The van der Waals surface area contributed by atoms with Gasteiger partial charge in [0.05, 0.1) is 6.10 Å². The molecule has 2 atom stereocenters. The number of hydrogen-bond acceptors (Lipinski definition) is 4. The van der Waals surface area contributed by atoms with Gasteiger partial charge in [0.2, 0.25) is 0 Å². The Hall–Kier alpha value is -1.88. The monoisotopic (exact) mass is 369 g/mol. The summed E-state index contributed by atoms with van der Waals surface area (Å²) in [4.78, 5) is 2.28. The minimum Gasteiger partial charge on any atom is -0.491 e. The number of aryl methyl sites for hydroxylation is 2. The molecule has 146 valence electrons. The number of hydrogen-bond donors (Lipinski definition) is 1. The van der Waals surface area contributed by atoms with Gasteiger partial charge >= 0.3 is 0 Å². The molecule has 1 saturated heterocycles. The first-order valence-electron chi connectivity index (χ1n) is 9.86. The van der Waals surface area contributed by atoms with Gasteiger partial charge in [-0.2, -0.15) is 0 Å². The Morgan fingerprint density at radius 1 is 1.19 bits per heavy atom. The van der Waals surface area contributed by atoms with Crippen molar-refractivity contribution >= 4 is 0 Å². The molecule has 0 amide bonds. The molecule has 4 heteroatoms. The molecule has 0 aliphatic carbocycles. The van der Waals surface area contributed by atoms with Crippen LogP contribution in [0.15, 0.2) is 48.5 Å². The summed E-state index contributed by atoms with van der Waals surface area (Å²) in [6, 6.07) is 16.5. The third-order valence-electron chi connectivity index (χ3n) is 4.97. The van der Waals surface area contributed by atoms with Crippen molar-refractivity contribution in [3.63, 3.8) is 0 Å². The van der Waals surface area contributed by atoms with Crippen LogP contribution in [-0.4, -0.2) is 48.5 Å². The van der Waals surface area contributed by atoms with Crippen LogP contribution in [0.5, 0.6) is 5.75 Å². The maximum absolute atomic E-state index is 10.6. The van der Waals surface area contributed by atoms with E-state index in [2.05, 4.69) is 42.2 Å². The molecule has 27 heavy (non-hydrogen) atoms. The summed E-state index contributed by atoms with van der Waals surface area (Å²) in [7, 11) is 0. The topological polar surface area (TPSA) is 41.9 Å². The van der Waals surface area contributed by atoms with Gasteiger partial charge in [0.25, 0.3) is 0 Å². The van der Waals surface area contributed by atoms with Crippen LogP contribution < -0.4 is 4.74 Å². The van der Waals surface area contributed by atoms with Gasteiger partial charge < -0.3 is 14.6 Å². The van der Waals surface area contributed by atoms with E-state index in [1.54, 1.807) is 0 Å². The molecule has 2 unspecified atom stereocenters. The summed E-state index contributed by atoms with van der Waals surface area (Å²) in [6.07, 6.45) is 1.94. The molecule has 0 radical (unpaired) electrons. The first kappa shape index (κ1) is 19.9. The molecule has 2 aromatic carbocycles. The third kappa shape index (κ3) is 6.35. The van der Waals surface area contributed by atoms with E-state index in [1.807, 2.05) is 25.1 Å². The van der Waals surface area contributed by atoms with Crippen molar-refractivity contribution in [3.8, 4) is 5.75 Å². The second-order valence-corrected chi connectivity index (χ2v) is 7.55. The number of aliphatic hydroxyl groups excluding tert-OH is 1. The van der Waals surface area contributed by atoms with E-state index in [0.29, 0.717) is 13.2 Å². The van der Waals surface area contributed by atoms with Crippen LogP contribution in [0, 0.1) is 13.8 Å². The van der Waals surface area contributed by atoms with Gasteiger partial charge in [-0.3, -0.25) is 4.90 Å². The van der Waals surface area contributed by atoms with Crippen molar-refractivity contribution in [2.45, 2.75) is 45.4 Å². The zero-order valence-electron chi connectivity index (χ0n) is 16.4. The number of aliphatic hydroxyl groups is 1. The molecule has 3 rings (SSSR count). The van der Waals surface area contributed by atoms with E-state index in [0.717, 1.165) is 43.9 Å². The molecule has 1 fully saturated rings. The molecular formula is C23H31NO3. The molecular weight excluding hydrogens is 338 g/mol.